The van der Waals surface area contributed by atoms with Gasteiger partial charge in [-0.15, -0.1) is 0 Å². The van der Waals surface area contributed by atoms with Gasteiger partial charge < -0.3 is 24.2 Å². The summed E-state index contributed by atoms with van der Waals surface area (Å²) >= 11 is 0. The number of benzene rings is 2. The molecular weight excluding hydrogens is 496 g/mol. The van der Waals surface area contributed by atoms with Crippen molar-refractivity contribution < 1.29 is 28.9 Å². The Balaban J connectivity index is 1.46. The van der Waals surface area contributed by atoms with Crippen LogP contribution in [-0.2, 0) is 20.7 Å². The number of ether oxygens (including phenoxy) is 3. The van der Waals surface area contributed by atoms with Crippen LogP contribution in [0.3, 0.4) is 0 Å². The fraction of sp³-hybridized carbons (Fsp3) is 0.484. The predicted octanol–water partition coefficient (Wildman–Crippen LogP) is 4.33. The van der Waals surface area contributed by atoms with Crippen LogP contribution in [0.5, 0.6) is 11.5 Å². The number of aliphatic hydroxyl groups excluding tert-OH is 1. The zero-order valence-electron chi connectivity index (χ0n) is 22.9. The number of fused-ring (bicyclic) bond motifs is 1. The first kappa shape index (κ1) is 27.2. The number of amides is 1. The molecule has 1 N–H and O–H groups in total. The Morgan fingerprint density at radius 1 is 1.05 bits per heavy atom. The maximum absolute atomic E-state index is 13.4. The van der Waals surface area contributed by atoms with Gasteiger partial charge in [0.15, 0.2) is 0 Å². The zero-order chi connectivity index (χ0) is 27.4. The zero-order valence-corrected chi connectivity index (χ0v) is 22.9. The number of morpholine rings is 1. The summed E-state index contributed by atoms with van der Waals surface area (Å²) in [6.07, 6.45) is 4.02. The normalized spacial score (nSPS) is 22.7. The van der Waals surface area contributed by atoms with Gasteiger partial charge in [-0.1, -0.05) is 31.9 Å². The van der Waals surface area contributed by atoms with Crippen LogP contribution < -0.4 is 9.47 Å². The molecule has 3 aliphatic heterocycles. The van der Waals surface area contributed by atoms with E-state index < -0.39 is 17.7 Å². The van der Waals surface area contributed by atoms with Gasteiger partial charge in [-0.2, -0.15) is 0 Å². The minimum atomic E-state index is -0.691. The molecule has 3 heterocycles. The first-order valence-electron chi connectivity index (χ1n) is 14.1. The molecule has 0 bridgehead atoms. The second kappa shape index (κ2) is 12.2. The number of carbonyl (C=O) groups excluding carboxylic acids is 2. The number of carbonyl (C=O) groups is 2. The van der Waals surface area contributed by atoms with Crippen LogP contribution in [0.1, 0.15) is 55.8 Å². The van der Waals surface area contributed by atoms with Gasteiger partial charge in [0.25, 0.3) is 11.7 Å². The number of hydrogen-bond donors (Lipinski definition) is 1. The minimum Gasteiger partial charge on any atom is -0.507 e. The van der Waals surface area contributed by atoms with E-state index in [1.54, 1.807) is 11.0 Å². The molecule has 0 spiro atoms. The van der Waals surface area contributed by atoms with E-state index in [-0.39, 0.29) is 17.4 Å². The smallest absolute Gasteiger partial charge is 0.295 e. The third-order valence-corrected chi connectivity index (χ3v) is 7.68. The van der Waals surface area contributed by atoms with E-state index in [9.17, 15) is 14.7 Å². The summed E-state index contributed by atoms with van der Waals surface area (Å²) in [5.41, 5.74) is 2.37. The molecule has 2 unspecified atom stereocenters. The molecule has 3 aliphatic rings. The molecule has 2 aromatic rings. The molecule has 5 rings (SSSR count). The van der Waals surface area contributed by atoms with Gasteiger partial charge in [-0.05, 0) is 54.8 Å². The number of Topliss-reactive ketones (excluding diaryl/α,β-unsaturated/α-hetero) is 1. The SMILES string of the molecule is CCCCCOc1ccc(C2/C(=C(\O)c3ccc4c(c3)CC(C)O4)C(=O)C(=O)N2CCN2CCOCC2)cc1. The monoisotopic (exact) mass is 534 g/mol. The van der Waals surface area contributed by atoms with Crippen molar-refractivity contribution in [2.45, 2.75) is 51.7 Å². The van der Waals surface area contributed by atoms with Gasteiger partial charge in [0, 0.05) is 38.2 Å². The molecule has 39 heavy (non-hydrogen) atoms. The number of ketones is 1. The lowest BCUT2D eigenvalue weighted by atomic mass is 9.94. The fourth-order valence-corrected chi connectivity index (χ4v) is 5.54. The average Bonchev–Trinajstić information content (AvgIpc) is 3.45. The quantitative estimate of drug-likeness (QED) is 0.210. The lowest BCUT2D eigenvalue weighted by Gasteiger charge is -2.31. The van der Waals surface area contributed by atoms with Crippen LogP contribution in [0, 0.1) is 0 Å². The number of nitrogens with zero attached hydrogens (tertiary/aromatic N) is 2. The summed E-state index contributed by atoms with van der Waals surface area (Å²) in [7, 11) is 0. The Labute approximate surface area is 230 Å². The molecule has 2 atom stereocenters. The number of rotatable bonds is 10. The molecule has 2 fully saturated rings. The highest BCUT2D eigenvalue weighted by Crippen LogP contribution is 2.41. The summed E-state index contributed by atoms with van der Waals surface area (Å²) in [5, 5.41) is 11.5. The van der Waals surface area contributed by atoms with Crippen molar-refractivity contribution in [3.05, 3.63) is 64.7 Å². The molecule has 0 aromatic heterocycles. The Bertz CT molecular complexity index is 1220. The van der Waals surface area contributed by atoms with E-state index in [0.717, 1.165) is 61.4 Å². The summed E-state index contributed by atoms with van der Waals surface area (Å²) in [6, 6.07) is 12.3. The lowest BCUT2D eigenvalue weighted by Crippen LogP contribution is -2.42. The molecular formula is C31H38N2O6. The van der Waals surface area contributed by atoms with Gasteiger partial charge in [0.05, 0.1) is 31.4 Å². The van der Waals surface area contributed by atoms with Crippen molar-refractivity contribution in [1.82, 2.24) is 9.80 Å². The first-order valence-corrected chi connectivity index (χ1v) is 14.1. The second-order valence-corrected chi connectivity index (χ2v) is 10.5. The van der Waals surface area contributed by atoms with E-state index in [1.165, 1.54) is 0 Å². The van der Waals surface area contributed by atoms with Gasteiger partial charge in [0.2, 0.25) is 0 Å². The standard InChI is InChI=1S/C31H38N2O6/c1-3-4-5-16-38-25-9-6-22(7-10-25)28-27(29(34)23-8-11-26-24(20-23)19-21(2)39-26)30(35)31(36)33(28)13-12-32-14-17-37-18-15-32/h6-11,20-21,28,34H,3-5,12-19H2,1-2H3/b29-27+. The lowest BCUT2D eigenvalue weighted by molar-refractivity contribution is -0.140. The number of likely N-dealkylation sites (tertiary alicyclic amines) is 1. The van der Waals surface area contributed by atoms with Crippen molar-refractivity contribution in [1.29, 1.82) is 0 Å². The summed E-state index contributed by atoms with van der Waals surface area (Å²) in [4.78, 5) is 30.6. The van der Waals surface area contributed by atoms with Crippen molar-refractivity contribution in [2.75, 3.05) is 46.0 Å². The third-order valence-electron chi connectivity index (χ3n) is 7.68. The highest BCUT2D eigenvalue weighted by Gasteiger charge is 2.46. The summed E-state index contributed by atoms with van der Waals surface area (Å²) in [5.74, 6) is 0.121. The van der Waals surface area contributed by atoms with Gasteiger partial charge in [-0.3, -0.25) is 14.5 Å². The molecule has 8 nitrogen and oxygen atoms in total. The van der Waals surface area contributed by atoms with Gasteiger partial charge in [0.1, 0.15) is 23.4 Å². The van der Waals surface area contributed by atoms with Gasteiger partial charge >= 0.3 is 0 Å². The molecule has 0 saturated carbocycles. The van der Waals surface area contributed by atoms with Gasteiger partial charge in [-0.25, -0.2) is 0 Å². The maximum Gasteiger partial charge on any atom is 0.295 e. The molecule has 1 amide bonds. The predicted molar refractivity (Wildman–Crippen MR) is 148 cm³/mol. The fourth-order valence-electron chi connectivity index (χ4n) is 5.54. The van der Waals surface area contributed by atoms with E-state index in [2.05, 4.69) is 11.8 Å². The minimum absolute atomic E-state index is 0.0610. The van der Waals surface area contributed by atoms with Crippen LogP contribution >= 0.6 is 0 Å². The molecule has 2 saturated heterocycles. The van der Waals surface area contributed by atoms with Crippen LogP contribution in [0.4, 0.5) is 0 Å². The molecule has 208 valence electrons. The van der Waals surface area contributed by atoms with Crippen LogP contribution in [0.25, 0.3) is 5.76 Å². The second-order valence-electron chi connectivity index (χ2n) is 10.5. The molecule has 0 aliphatic carbocycles. The summed E-state index contributed by atoms with van der Waals surface area (Å²) < 4.78 is 17.1. The maximum atomic E-state index is 13.4. The van der Waals surface area contributed by atoms with E-state index in [1.807, 2.05) is 43.3 Å². The Kier molecular flexibility index (Phi) is 8.53. The van der Waals surface area contributed by atoms with Crippen LogP contribution in [0.2, 0.25) is 0 Å². The number of aliphatic hydroxyl groups is 1. The van der Waals surface area contributed by atoms with Crippen molar-refractivity contribution >= 4 is 17.4 Å². The Hall–Kier alpha value is -3.36. The van der Waals surface area contributed by atoms with E-state index >= 15 is 0 Å². The van der Waals surface area contributed by atoms with Crippen molar-refractivity contribution in [3.63, 3.8) is 0 Å². The Morgan fingerprint density at radius 3 is 2.56 bits per heavy atom. The van der Waals surface area contributed by atoms with E-state index in [0.29, 0.717) is 38.5 Å². The van der Waals surface area contributed by atoms with Crippen LogP contribution in [0.15, 0.2) is 48.0 Å². The highest BCUT2D eigenvalue weighted by atomic mass is 16.5. The molecule has 8 heteroatoms. The summed E-state index contributed by atoms with van der Waals surface area (Å²) in [6.45, 7) is 8.67. The average molecular weight is 535 g/mol. The third kappa shape index (κ3) is 5.97. The number of hydrogen-bond acceptors (Lipinski definition) is 7. The van der Waals surface area contributed by atoms with Crippen molar-refractivity contribution in [2.24, 2.45) is 0 Å². The van der Waals surface area contributed by atoms with E-state index in [4.69, 9.17) is 14.2 Å². The molecule has 2 aromatic carbocycles. The van der Waals surface area contributed by atoms with Crippen molar-refractivity contribution in [3.8, 4) is 11.5 Å². The topological polar surface area (TPSA) is 88.5 Å². The number of unbranched alkanes of at least 4 members (excludes halogenated alkanes) is 2. The largest absolute Gasteiger partial charge is 0.507 e. The first-order chi connectivity index (χ1) is 19.0. The van der Waals surface area contributed by atoms with Crippen LogP contribution in [-0.4, -0.2) is 78.7 Å². The molecule has 0 radical (unpaired) electrons. The highest BCUT2D eigenvalue weighted by molar-refractivity contribution is 6.46. The Morgan fingerprint density at radius 2 is 1.82 bits per heavy atom.